The normalized spacial score (nSPS) is 13.3. The SMILES string of the molecule is Nc1ccc(SNc2ncc3c(n2)COC3)cc1. The summed E-state index contributed by atoms with van der Waals surface area (Å²) in [6.07, 6.45) is 1.81. The highest BCUT2D eigenvalue weighted by molar-refractivity contribution is 8.00. The predicted molar refractivity (Wildman–Crippen MR) is 70.9 cm³/mol. The molecule has 0 radical (unpaired) electrons. The van der Waals surface area contributed by atoms with Gasteiger partial charge >= 0.3 is 0 Å². The van der Waals surface area contributed by atoms with Gasteiger partial charge in [-0.1, -0.05) is 0 Å². The second-order valence-corrected chi connectivity index (χ2v) is 4.81. The Kier molecular flexibility index (Phi) is 3.04. The summed E-state index contributed by atoms with van der Waals surface area (Å²) < 4.78 is 8.40. The molecule has 0 fully saturated rings. The minimum atomic E-state index is 0.569. The van der Waals surface area contributed by atoms with Gasteiger partial charge in [-0.25, -0.2) is 9.97 Å². The van der Waals surface area contributed by atoms with Crippen molar-refractivity contribution >= 4 is 23.6 Å². The number of anilines is 2. The summed E-state index contributed by atoms with van der Waals surface area (Å²) in [6, 6.07) is 7.62. The zero-order valence-corrected chi connectivity index (χ0v) is 10.4. The second-order valence-electron chi connectivity index (χ2n) is 3.93. The Balaban J connectivity index is 1.68. The number of rotatable bonds is 3. The number of nitrogens with zero attached hydrogens (tertiary/aromatic N) is 2. The molecule has 1 aliphatic rings. The minimum Gasteiger partial charge on any atom is -0.399 e. The maximum absolute atomic E-state index is 5.63. The Bertz CT molecular complexity index is 559. The third kappa shape index (κ3) is 2.39. The lowest BCUT2D eigenvalue weighted by Crippen LogP contribution is -1.98. The molecule has 5 nitrogen and oxygen atoms in total. The highest BCUT2D eigenvalue weighted by atomic mass is 32.2. The summed E-state index contributed by atoms with van der Waals surface area (Å²) in [5, 5.41) is 0. The van der Waals surface area contributed by atoms with Gasteiger partial charge in [-0.05, 0) is 36.2 Å². The fourth-order valence-corrected chi connectivity index (χ4v) is 2.21. The average Bonchev–Trinajstić information content (AvgIpc) is 2.85. The Morgan fingerprint density at radius 2 is 2.06 bits per heavy atom. The van der Waals surface area contributed by atoms with E-state index in [4.69, 9.17) is 10.5 Å². The minimum absolute atomic E-state index is 0.569. The number of hydrogen-bond acceptors (Lipinski definition) is 6. The number of benzene rings is 1. The van der Waals surface area contributed by atoms with Crippen molar-refractivity contribution < 1.29 is 4.74 Å². The van der Waals surface area contributed by atoms with Crippen LogP contribution in [0, 0.1) is 0 Å². The third-order valence-electron chi connectivity index (χ3n) is 2.59. The molecule has 1 aromatic heterocycles. The lowest BCUT2D eigenvalue weighted by Gasteiger charge is -2.05. The second kappa shape index (κ2) is 4.83. The first kappa shape index (κ1) is 11.3. The van der Waals surface area contributed by atoms with Gasteiger partial charge in [0, 0.05) is 22.3 Å². The Labute approximate surface area is 109 Å². The molecule has 0 amide bonds. The van der Waals surface area contributed by atoms with Gasteiger partial charge < -0.3 is 10.5 Å². The van der Waals surface area contributed by atoms with E-state index in [1.807, 2.05) is 24.3 Å². The molecule has 0 unspecified atom stereocenters. The van der Waals surface area contributed by atoms with Crippen molar-refractivity contribution in [1.82, 2.24) is 9.97 Å². The zero-order chi connectivity index (χ0) is 12.4. The van der Waals surface area contributed by atoms with Crippen LogP contribution in [-0.4, -0.2) is 9.97 Å². The Morgan fingerprint density at radius 3 is 2.89 bits per heavy atom. The van der Waals surface area contributed by atoms with E-state index >= 15 is 0 Å². The number of ether oxygens (including phenoxy) is 1. The molecule has 1 aliphatic heterocycles. The molecule has 92 valence electrons. The monoisotopic (exact) mass is 260 g/mol. The van der Waals surface area contributed by atoms with Crippen LogP contribution in [0.1, 0.15) is 11.3 Å². The number of nitrogens with one attached hydrogen (secondary N) is 1. The third-order valence-corrected chi connectivity index (χ3v) is 3.38. The van der Waals surface area contributed by atoms with E-state index in [1.165, 1.54) is 11.9 Å². The van der Waals surface area contributed by atoms with E-state index in [1.54, 1.807) is 6.20 Å². The van der Waals surface area contributed by atoms with Crippen LogP contribution < -0.4 is 10.5 Å². The fraction of sp³-hybridized carbons (Fsp3) is 0.167. The molecule has 0 aliphatic carbocycles. The summed E-state index contributed by atoms with van der Waals surface area (Å²) in [7, 11) is 0. The first-order valence-electron chi connectivity index (χ1n) is 5.52. The van der Waals surface area contributed by atoms with E-state index in [0.717, 1.165) is 21.8 Å². The molecule has 2 heterocycles. The molecule has 3 N–H and O–H groups in total. The van der Waals surface area contributed by atoms with E-state index in [9.17, 15) is 0 Å². The molecule has 0 saturated carbocycles. The van der Waals surface area contributed by atoms with Crippen LogP contribution in [0.25, 0.3) is 0 Å². The van der Waals surface area contributed by atoms with Crippen molar-refractivity contribution in [1.29, 1.82) is 0 Å². The van der Waals surface area contributed by atoms with Crippen molar-refractivity contribution in [3.63, 3.8) is 0 Å². The van der Waals surface area contributed by atoms with Crippen molar-refractivity contribution in [3.8, 4) is 0 Å². The smallest absolute Gasteiger partial charge is 0.233 e. The number of hydrogen-bond donors (Lipinski definition) is 2. The van der Waals surface area contributed by atoms with Crippen LogP contribution in [0.2, 0.25) is 0 Å². The predicted octanol–water partition coefficient (Wildman–Crippen LogP) is 2.21. The summed E-state index contributed by atoms with van der Waals surface area (Å²) >= 11 is 1.46. The molecule has 0 saturated heterocycles. The first-order valence-corrected chi connectivity index (χ1v) is 6.34. The van der Waals surface area contributed by atoms with Crippen LogP contribution in [0.15, 0.2) is 35.4 Å². The van der Waals surface area contributed by atoms with Crippen molar-refractivity contribution in [2.24, 2.45) is 0 Å². The standard InChI is InChI=1S/C12H12N4OS/c13-9-1-3-10(4-2-9)18-16-12-14-5-8-6-17-7-11(8)15-12/h1-5H,6-7,13H2,(H,14,15,16). The fourth-order valence-electron chi connectivity index (χ4n) is 1.63. The molecular weight excluding hydrogens is 248 g/mol. The zero-order valence-electron chi connectivity index (χ0n) is 9.59. The Morgan fingerprint density at radius 1 is 1.22 bits per heavy atom. The van der Waals surface area contributed by atoms with Gasteiger partial charge in [-0.2, -0.15) is 0 Å². The van der Waals surface area contributed by atoms with E-state index < -0.39 is 0 Å². The van der Waals surface area contributed by atoms with Crippen molar-refractivity contribution in [2.45, 2.75) is 18.1 Å². The summed E-state index contributed by atoms with van der Waals surface area (Å²) in [4.78, 5) is 9.69. The molecule has 18 heavy (non-hydrogen) atoms. The quantitative estimate of drug-likeness (QED) is 0.651. The van der Waals surface area contributed by atoms with Crippen molar-refractivity contribution in [3.05, 3.63) is 41.7 Å². The molecule has 0 atom stereocenters. The van der Waals surface area contributed by atoms with Gasteiger partial charge in [0.15, 0.2) is 0 Å². The topological polar surface area (TPSA) is 73.1 Å². The lowest BCUT2D eigenvalue weighted by molar-refractivity contribution is 0.133. The molecular formula is C12H12N4OS. The summed E-state index contributed by atoms with van der Waals surface area (Å²) in [5.41, 5.74) is 8.41. The van der Waals surface area contributed by atoms with Crippen LogP contribution in [-0.2, 0) is 18.0 Å². The average molecular weight is 260 g/mol. The van der Waals surface area contributed by atoms with Gasteiger partial charge in [0.1, 0.15) is 0 Å². The maximum atomic E-state index is 5.63. The van der Waals surface area contributed by atoms with Crippen LogP contribution in [0.5, 0.6) is 0 Å². The molecule has 1 aromatic carbocycles. The number of nitrogens with two attached hydrogens (primary N) is 1. The van der Waals surface area contributed by atoms with E-state index in [2.05, 4.69) is 14.7 Å². The van der Waals surface area contributed by atoms with E-state index in [-0.39, 0.29) is 0 Å². The highest BCUT2D eigenvalue weighted by Crippen LogP contribution is 2.22. The lowest BCUT2D eigenvalue weighted by atomic mass is 10.3. The van der Waals surface area contributed by atoms with Crippen LogP contribution in [0.4, 0.5) is 11.6 Å². The van der Waals surface area contributed by atoms with Gasteiger partial charge in [-0.3, -0.25) is 4.72 Å². The largest absolute Gasteiger partial charge is 0.399 e. The van der Waals surface area contributed by atoms with Gasteiger partial charge in [-0.15, -0.1) is 0 Å². The van der Waals surface area contributed by atoms with Crippen LogP contribution >= 0.6 is 11.9 Å². The maximum Gasteiger partial charge on any atom is 0.233 e. The van der Waals surface area contributed by atoms with Crippen LogP contribution in [0.3, 0.4) is 0 Å². The van der Waals surface area contributed by atoms with Gasteiger partial charge in [0.05, 0.1) is 18.9 Å². The number of aromatic nitrogens is 2. The number of nitrogen functional groups attached to an aromatic ring is 1. The first-order chi connectivity index (χ1) is 8.81. The Hall–Kier alpha value is -1.79. The molecule has 6 heteroatoms. The number of fused-ring (bicyclic) bond motifs is 1. The molecule has 0 bridgehead atoms. The van der Waals surface area contributed by atoms with E-state index in [0.29, 0.717) is 19.2 Å². The van der Waals surface area contributed by atoms with Gasteiger partial charge in [0.25, 0.3) is 0 Å². The summed E-state index contributed by atoms with van der Waals surface area (Å²) in [6.45, 7) is 1.18. The molecule has 0 spiro atoms. The van der Waals surface area contributed by atoms with Gasteiger partial charge in [0.2, 0.25) is 5.95 Å². The highest BCUT2D eigenvalue weighted by Gasteiger charge is 2.13. The van der Waals surface area contributed by atoms with Crippen molar-refractivity contribution in [2.75, 3.05) is 10.5 Å². The molecule has 3 rings (SSSR count). The summed E-state index contributed by atoms with van der Waals surface area (Å²) in [5.74, 6) is 0.598. The molecule has 2 aromatic rings.